The molecule has 0 radical (unpaired) electrons. The number of aromatic nitrogens is 3. The van der Waals surface area contributed by atoms with Crippen molar-refractivity contribution in [3.05, 3.63) is 34.0 Å². The van der Waals surface area contributed by atoms with Crippen LogP contribution >= 0.6 is 27.5 Å². The number of halogens is 2. The van der Waals surface area contributed by atoms with Gasteiger partial charge in [0.25, 0.3) is 0 Å². The average Bonchev–Trinajstić information content (AvgIpc) is 2.59. The minimum absolute atomic E-state index is 0.459. The van der Waals surface area contributed by atoms with Crippen molar-refractivity contribution in [2.75, 3.05) is 0 Å². The second-order valence-electron chi connectivity index (χ2n) is 3.45. The van der Waals surface area contributed by atoms with Crippen molar-refractivity contribution in [3.8, 4) is 11.8 Å². The fourth-order valence-electron chi connectivity index (χ4n) is 1.37. The molecule has 17 heavy (non-hydrogen) atoms. The zero-order chi connectivity index (χ0) is 12.3. The van der Waals surface area contributed by atoms with Crippen LogP contribution in [-0.4, -0.2) is 14.8 Å². The summed E-state index contributed by atoms with van der Waals surface area (Å²) in [6.45, 7) is 2.83. The molecule has 1 heterocycles. The Kier molecular flexibility index (Phi) is 4.02. The van der Waals surface area contributed by atoms with E-state index >= 15 is 0 Å². The molecule has 6 heteroatoms. The lowest BCUT2D eigenvalue weighted by Crippen LogP contribution is -2.02. The third kappa shape index (κ3) is 3.20. The fourth-order valence-corrected chi connectivity index (χ4v) is 1.89. The Labute approximate surface area is 113 Å². The van der Waals surface area contributed by atoms with E-state index in [9.17, 15) is 0 Å². The first-order valence-electron chi connectivity index (χ1n) is 5.23. The van der Waals surface area contributed by atoms with Gasteiger partial charge >= 0.3 is 6.01 Å². The maximum absolute atomic E-state index is 5.89. The van der Waals surface area contributed by atoms with Gasteiger partial charge in [0.05, 0.1) is 0 Å². The SMILES string of the molecule is CCCn1nc(Br)nc1Oc1cccc(Cl)c1. The quantitative estimate of drug-likeness (QED) is 0.859. The summed E-state index contributed by atoms with van der Waals surface area (Å²) in [7, 11) is 0. The molecule has 0 amide bonds. The molecule has 0 spiro atoms. The van der Waals surface area contributed by atoms with Crippen molar-refractivity contribution in [2.45, 2.75) is 19.9 Å². The lowest BCUT2D eigenvalue weighted by atomic mass is 10.3. The maximum atomic E-state index is 5.89. The van der Waals surface area contributed by atoms with E-state index in [1.54, 1.807) is 16.8 Å². The van der Waals surface area contributed by atoms with Crippen molar-refractivity contribution < 1.29 is 4.74 Å². The van der Waals surface area contributed by atoms with Crippen LogP contribution < -0.4 is 4.74 Å². The van der Waals surface area contributed by atoms with Crippen LogP contribution in [0.2, 0.25) is 5.02 Å². The monoisotopic (exact) mass is 315 g/mol. The lowest BCUT2D eigenvalue weighted by molar-refractivity contribution is 0.395. The second-order valence-corrected chi connectivity index (χ2v) is 4.59. The van der Waals surface area contributed by atoms with Gasteiger partial charge in [-0.3, -0.25) is 0 Å². The first-order valence-corrected chi connectivity index (χ1v) is 6.40. The van der Waals surface area contributed by atoms with Crippen molar-refractivity contribution in [1.82, 2.24) is 14.8 Å². The molecule has 0 atom stereocenters. The highest BCUT2D eigenvalue weighted by molar-refractivity contribution is 9.10. The van der Waals surface area contributed by atoms with Gasteiger partial charge in [0.2, 0.25) is 4.73 Å². The highest BCUT2D eigenvalue weighted by Gasteiger charge is 2.09. The summed E-state index contributed by atoms with van der Waals surface area (Å²) in [5.41, 5.74) is 0. The van der Waals surface area contributed by atoms with E-state index < -0.39 is 0 Å². The molecule has 0 aliphatic carbocycles. The predicted octanol–water partition coefficient (Wildman–Crippen LogP) is 3.90. The number of benzene rings is 1. The van der Waals surface area contributed by atoms with Crippen molar-refractivity contribution >= 4 is 27.5 Å². The third-order valence-corrected chi connectivity index (χ3v) is 2.62. The van der Waals surface area contributed by atoms with Crippen molar-refractivity contribution in [3.63, 3.8) is 0 Å². The minimum atomic E-state index is 0.459. The summed E-state index contributed by atoms with van der Waals surface area (Å²) >= 11 is 9.12. The van der Waals surface area contributed by atoms with Crippen LogP contribution in [0.1, 0.15) is 13.3 Å². The van der Waals surface area contributed by atoms with Gasteiger partial charge in [-0.1, -0.05) is 24.6 Å². The number of nitrogens with zero attached hydrogens (tertiary/aromatic N) is 3. The summed E-state index contributed by atoms with van der Waals surface area (Å²) in [4.78, 5) is 4.16. The second kappa shape index (κ2) is 5.51. The topological polar surface area (TPSA) is 39.9 Å². The van der Waals surface area contributed by atoms with Crippen LogP contribution in [0.4, 0.5) is 0 Å². The van der Waals surface area contributed by atoms with E-state index in [2.05, 4.69) is 32.9 Å². The van der Waals surface area contributed by atoms with Crippen LogP contribution in [0.15, 0.2) is 29.0 Å². The molecule has 1 aromatic heterocycles. The summed E-state index contributed by atoms with van der Waals surface area (Å²) < 4.78 is 7.87. The number of hydrogen-bond acceptors (Lipinski definition) is 3. The van der Waals surface area contributed by atoms with Gasteiger partial charge < -0.3 is 4.74 Å². The van der Waals surface area contributed by atoms with Gasteiger partial charge in [-0.05, 0) is 40.5 Å². The predicted molar refractivity (Wildman–Crippen MR) is 69.5 cm³/mol. The van der Waals surface area contributed by atoms with Gasteiger partial charge in [0.15, 0.2) is 0 Å². The fraction of sp³-hybridized carbons (Fsp3) is 0.273. The van der Waals surface area contributed by atoms with Gasteiger partial charge in [0, 0.05) is 11.6 Å². The van der Waals surface area contributed by atoms with Crippen LogP contribution in [0.3, 0.4) is 0 Å². The normalized spacial score (nSPS) is 10.5. The van der Waals surface area contributed by atoms with E-state index in [0.717, 1.165) is 13.0 Å². The molecule has 1 aromatic carbocycles. The van der Waals surface area contributed by atoms with Crippen molar-refractivity contribution in [1.29, 1.82) is 0 Å². The average molecular weight is 317 g/mol. The molecule has 0 fully saturated rings. The standard InChI is InChI=1S/C11H11BrClN3O/c1-2-6-16-11(14-10(12)15-16)17-9-5-3-4-8(13)7-9/h3-5,7H,2,6H2,1H3. The zero-order valence-electron chi connectivity index (χ0n) is 9.23. The van der Waals surface area contributed by atoms with E-state index in [4.69, 9.17) is 16.3 Å². The number of hydrogen-bond donors (Lipinski definition) is 0. The Morgan fingerprint density at radius 3 is 3.00 bits per heavy atom. The molecule has 2 rings (SSSR count). The Morgan fingerprint density at radius 2 is 2.29 bits per heavy atom. The maximum Gasteiger partial charge on any atom is 0.321 e. The van der Waals surface area contributed by atoms with Gasteiger partial charge in [-0.2, -0.15) is 4.98 Å². The van der Waals surface area contributed by atoms with Crippen LogP contribution in [0, 0.1) is 0 Å². The van der Waals surface area contributed by atoms with E-state index in [1.165, 1.54) is 0 Å². The summed E-state index contributed by atoms with van der Waals surface area (Å²) in [5, 5.41) is 4.81. The molecule has 0 saturated heterocycles. The number of aryl methyl sites for hydroxylation is 1. The molecule has 0 aliphatic heterocycles. The van der Waals surface area contributed by atoms with Crippen LogP contribution in [0.5, 0.6) is 11.8 Å². The number of ether oxygens (including phenoxy) is 1. The van der Waals surface area contributed by atoms with Gasteiger partial charge in [-0.15, -0.1) is 5.10 Å². The molecule has 4 nitrogen and oxygen atoms in total. The molecule has 90 valence electrons. The highest BCUT2D eigenvalue weighted by atomic mass is 79.9. The Balaban J connectivity index is 2.23. The van der Waals surface area contributed by atoms with E-state index in [1.807, 2.05) is 12.1 Å². The molecule has 0 aliphatic rings. The summed E-state index contributed by atoms with van der Waals surface area (Å²) in [5.74, 6) is 0.648. The molecule has 0 saturated carbocycles. The van der Waals surface area contributed by atoms with Crippen LogP contribution in [0.25, 0.3) is 0 Å². The van der Waals surface area contributed by atoms with E-state index in [0.29, 0.717) is 21.5 Å². The molecule has 2 aromatic rings. The molecular formula is C11H11BrClN3O. The summed E-state index contributed by atoms with van der Waals surface area (Å²) in [6.07, 6.45) is 0.960. The van der Waals surface area contributed by atoms with Gasteiger partial charge in [0.1, 0.15) is 5.75 Å². The Bertz CT molecular complexity index is 515. The Hall–Kier alpha value is -1.07. The Morgan fingerprint density at radius 1 is 1.47 bits per heavy atom. The first-order chi connectivity index (χ1) is 8.19. The van der Waals surface area contributed by atoms with Crippen molar-refractivity contribution in [2.24, 2.45) is 0 Å². The third-order valence-electron chi connectivity index (χ3n) is 2.05. The van der Waals surface area contributed by atoms with Gasteiger partial charge in [-0.25, -0.2) is 4.68 Å². The smallest absolute Gasteiger partial charge is 0.321 e. The molecule has 0 N–H and O–H groups in total. The first kappa shape index (κ1) is 12.4. The molecule has 0 unspecified atom stereocenters. The van der Waals surface area contributed by atoms with E-state index in [-0.39, 0.29) is 0 Å². The zero-order valence-corrected chi connectivity index (χ0v) is 11.6. The number of rotatable bonds is 4. The van der Waals surface area contributed by atoms with Crippen LogP contribution in [-0.2, 0) is 6.54 Å². The molecule has 0 bridgehead atoms. The molecular weight excluding hydrogens is 305 g/mol. The summed E-state index contributed by atoms with van der Waals surface area (Å²) in [6, 6.07) is 7.64. The minimum Gasteiger partial charge on any atom is -0.424 e. The lowest BCUT2D eigenvalue weighted by Gasteiger charge is -2.05. The highest BCUT2D eigenvalue weighted by Crippen LogP contribution is 2.23. The largest absolute Gasteiger partial charge is 0.424 e.